The van der Waals surface area contributed by atoms with E-state index in [0.29, 0.717) is 31.5 Å². The minimum absolute atomic E-state index is 0.140. The van der Waals surface area contributed by atoms with Crippen LogP contribution in [0.5, 0.6) is 0 Å². The molecule has 1 saturated heterocycles. The fourth-order valence-electron chi connectivity index (χ4n) is 2.19. The zero-order valence-corrected chi connectivity index (χ0v) is 11.5. The first-order valence-corrected chi connectivity index (χ1v) is 7.27. The number of nitrogens with one attached hydrogen (secondary N) is 1. The van der Waals surface area contributed by atoms with E-state index in [4.69, 9.17) is 0 Å². The van der Waals surface area contributed by atoms with Crippen LogP contribution in [0.15, 0.2) is 23.1 Å². The Hall–Kier alpha value is -1.74. The first-order chi connectivity index (χ1) is 9.10. The van der Waals surface area contributed by atoms with Gasteiger partial charge in [0.25, 0.3) is 5.91 Å². The van der Waals surface area contributed by atoms with Crippen molar-refractivity contribution in [1.82, 2.24) is 9.88 Å². The van der Waals surface area contributed by atoms with Gasteiger partial charge in [0.1, 0.15) is 4.75 Å². The Bertz CT molecular complexity index is 568. The highest BCUT2D eigenvalue weighted by Crippen LogP contribution is 2.34. The zero-order chi connectivity index (χ0) is 13.9. The lowest BCUT2D eigenvalue weighted by Crippen LogP contribution is -2.44. The summed E-state index contributed by atoms with van der Waals surface area (Å²) in [5, 5.41) is 9.20. The highest BCUT2D eigenvalue weighted by molar-refractivity contribution is 8.00. The SMILES string of the molecule is CSC1(C#N)CCN(C(=O)c2cc[nH]c(=O)c2)CC1. The van der Waals surface area contributed by atoms with E-state index in [1.165, 1.54) is 12.3 Å². The molecule has 1 aliphatic rings. The second kappa shape index (κ2) is 5.49. The predicted octanol–water partition coefficient (Wildman–Crippen LogP) is 1.24. The van der Waals surface area contributed by atoms with Gasteiger partial charge in [-0.3, -0.25) is 9.59 Å². The molecule has 0 spiro atoms. The lowest BCUT2D eigenvalue weighted by Gasteiger charge is -2.36. The molecule has 1 aliphatic heterocycles. The number of hydrogen-bond donors (Lipinski definition) is 1. The molecule has 0 unspecified atom stereocenters. The molecular formula is C13H15N3O2S. The predicted molar refractivity (Wildman–Crippen MR) is 74.1 cm³/mol. The molecule has 0 aliphatic carbocycles. The maximum atomic E-state index is 12.2. The number of amides is 1. The number of carbonyl (C=O) groups is 1. The highest BCUT2D eigenvalue weighted by atomic mass is 32.2. The van der Waals surface area contributed by atoms with Crippen molar-refractivity contribution in [1.29, 1.82) is 5.26 Å². The van der Waals surface area contributed by atoms with Crippen LogP contribution in [0.2, 0.25) is 0 Å². The monoisotopic (exact) mass is 277 g/mol. The molecule has 1 N–H and O–H groups in total. The number of H-pyrrole nitrogens is 1. The average Bonchev–Trinajstić information content (AvgIpc) is 2.46. The third-order valence-electron chi connectivity index (χ3n) is 3.47. The van der Waals surface area contributed by atoms with Crippen molar-refractivity contribution in [3.63, 3.8) is 0 Å². The van der Waals surface area contributed by atoms with Crippen molar-refractivity contribution in [2.45, 2.75) is 17.6 Å². The molecule has 2 heterocycles. The first-order valence-electron chi connectivity index (χ1n) is 6.05. The topological polar surface area (TPSA) is 77.0 Å². The second-order valence-electron chi connectivity index (χ2n) is 4.54. The van der Waals surface area contributed by atoms with E-state index in [0.717, 1.165) is 0 Å². The third-order valence-corrected chi connectivity index (χ3v) is 4.76. The van der Waals surface area contributed by atoms with Crippen LogP contribution >= 0.6 is 11.8 Å². The Morgan fingerprint density at radius 3 is 2.74 bits per heavy atom. The smallest absolute Gasteiger partial charge is 0.254 e. The fourth-order valence-corrected chi connectivity index (χ4v) is 2.87. The number of piperidine rings is 1. The van der Waals surface area contributed by atoms with Gasteiger partial charge in [0, 0.05) is 30.9 Å². The summed E-state index contributed by atoms with van der Waals surface area (Å²) in [7, 11) is 0. The molecule has 1 fully saturated rings. The molecular weight excluding hydrogens is 262 g/mol. The van der Waals surface area contributed by atoms with Crippen LogP contribution in [0.3, 0.4) is 0 Å². The summed E-state index contributed by atoms with van der Waals surface area (Å²) in [5.74, 6) is -0.140. The Kier molecular flexibility index (Phi) is 3.96. The third kappa shape index (κ3) is 2.82. The summed E-state index contributed by atoms with van der Waals surface area (Å²) in [4.78, 5) is 27.6. The Balaban J connectivity index is 2.08. The average molecular weight is 277 g/mol. The molecule has 0 radical (unpaired) electrons. The number of rotatable bonds is 2. The molecule has 1 amide bonds. The molecule has 0 atom stereocenters. The van der Waals surface area contributed by atoms with Crippen molar-refractivity contribution in [3.8, 4) is 6.07 Å². The summed E-state index contributed by atoms with van der Waals surface area (Å²) in [6, 6.07) is 5.26. The maximum Gasteiger partial charge on any atom is 0.254 e. The van der Waals surface area contributed by atoms with Gasteiger partial charge in [-0.05, 0) is 25.2 Å². The minimum atomic E-state index is -0.370. The molecule has 0 saturated carbocycles. The highest BCUT2D eigenvalue weighted by Gasteiger charge is 2.35. The number of nitriles is 1. The van der Waals surface area contributed by atoms with Crippen molar-refractivity contribution in [2.75, 3.05) is 19.3 Å². The van der Waals surface area contributed by atoms with E-state index in [1.54, 1.807) is 22.7 Å². The normalized spacial score (nSPS) is 17.8. The standard InChI is InChI=1S/C13H15N3O2S/c1-19-13(9-14)3-6-16(7-4-13)12(18)10-2-5-15-11(17)8-10/h2,5,8H,3-4,6-7H2,1H3,(H,15,17). The van der Waals surface area contributed by atoms with Gasteiger partial charge >= 0.3 is 0 Å². The number of aromatic amines is 1. The molecule has 100 valence electrons. The quantitative estimate of drug-likeness (QED) is 0.882. The minimum Gasteiger partial charge on any atom is -0.338 e. The van der Waals surface area contributed by atoms with Crippen LogP contribution in [0.25, 0.3) is 0 Å². The number of hydrogen-bond acceptors (Lipinski definition) is 4. The number of thioether (sulfide) groups is 1. The lowest BCUT2D eigenvalue weighted by molar-refractivity contribution is 0.0716. The maximum absolute atomic E-state index is 12.2. The molecule has 0 aromatic carbocycles. The molecule has 5 nitrogen and oxygen atoms in total. The van der Waals surface area contributed by atoms with Crippen LogP contribution in [-0.4, -0.2) is 39.9 Å². The number of likely N-dealkylation sites (tertiary alicyclic amines) is 1. The van der Waals surface area contributed by atoms with Gasteiger partial charge in [0.05, 0.1) is 6.07 Å². The van der Waals surface area contributed by atoms with E-state index in [9.17, 15) is 14.9 Å². The lowest BCUT2D eigenvalue weighted by atomic mass is 9.97. The first kappa shape index (κ1) is 13.7. The molecule has 6 heteroatoms. The van der Waals surface area contributed by atoms with Gasteiger partial charge in [-0.1, -0.05) is 0 Å². The fraction of sp³-hybridized carbons (Fsp3) is 0.462. The Labute approximate surface area is 115 Å². The van der Waals surface area contributed by atoms with Gasteiger partial charge in [-0.25, -0.2) is 0 Å². The molecule has 19 heavy (non-hydrogen) atoms. The van der Waals surface area contributed by atoms with E-state index in [2.05, 4.69) is 11.1 Å². The van der Waals surface area contributed by atoms with Gasteiger partial charge in [-0.2, -0.15) is 5.26 Å². The van der Waals surface area contributed by atoms with Crippen molar-refractivity contribution < 1.29 is 4.79 Å². The molecule has 1 aromatic heterocycles. The number of carbonyl (C=O) groups excluding carboxylic acids is 1. The van der Waals surface area contributed by atoms with Crippen molar-refractivity contribution in [2.24, 2.45) is 0 Å². The van der Waals surface area contributed by atoms with Crippen LogP contribution in [-0.2, 0) is 0 Å². The van der Waals surface area contributed by atoms with Gasteiger partial charge in [0.2, 0.25) is 5.56 Å². The molecule has 2 rings (SSSR count). The van der Waals surface area contributed by atoms with E-state index in [1.807, 2.05) is 6.26 Å². The van der Waals surface area contributed by atoms with Gasteiger partial charge in [-0.15, -0.1) is 11.8 Å². The van der Waals surface area contributed by atoms with Crippen molar-refractivity contribution >= 4 is 17.7 Å². The van der Waals surface area contributed by atoms with Crippen LogP contribution in [0.4, 0.5) is 0 Å². The summed E-state index contributed by atoms with van der Waals surface area (Å²) >= 11 is 1.55. The molecule has 0 bridgehead atoms. The number of nitrogens with zero attached hydrogens (tertiary/aromatic N) is 2. The number of pyridine rings is 1. The van der Waals surface area contributed by atoms with Gasteiger partial charge < -0.3 is 9.88 Å². The Morgan fingerprint density at radius 2 is 2.21 bits per heavy atom. The number of aromatic nitrogens is 1. The molecule has 1 aromatic rings. The Morgan fingerprint density at radius 1 is 1.53 bits per heavy atom. The summed E-state index contributed by atoms with van der Waals surface area (Å²) in [6.45, 7) is 1.11. The summed E-state index contributed by atoms with van der Waals surface area (Å²) in [6.07, 6.45) is 4.73. The van der Waals surface area contributed by atoms with E-state index < -0.39 is 0 Å². The summed E-state index contributed by atoms with van der Waals surface area (Å²) in [5.41, 5.74) is 0.121. The summed E-state index contributed by atoms with van der Waals surface area (Å²) < 4.78 is -0.370. The van der Waals surface area contributed by atoms with Crippen LogP contribution in [0.1, 0.15) is 23.2 Å². The second-order valence-corrected chi connectivity index (χ2v) is 5.73. The largest absolute Gasteiger partial charge is 0.338 e. The van der Waals surface area contributed by atoms with Crippen LogP contribution in [0, 0.1) is 11.3 Å². The van der Waals surface area contributed by atoms with E-state index in [-0.39, 0.29) is 16.2 Å². The zero-order valence-electron chi connectivity index (χ0n) is 10.7. The van der Waals surface area contributed by atoms with Gasteiger partial charge in [0.15, 0.2) is 0 Å². The van der Waals surface area contributed by atoms with E-state index >= 15 is 0 Å². The van der Waals surface area contributed by atoms with Crippen LogP contribution < -0.4 is 5.56 Å². The van der Waals surface area contributed by atoms with Crippen molar-refractivity contribution in [3.05, 3.63) is 34.2 Å².